The molecule has 2 amide bonds. The SMILES string of the molecule is CCN(CC)C(=O)N1CCS(=O)(=O)CC1C1CCC1. The Kier molecular flexibility index (Phi) is 4.38. The molecule has 1 saturated carbocycles. The first kappa shape index (κ1) is 14.6. The van der Waals surface area contributed by atoms with Crippen molar-refractivity contribution in [2.75, 3.05) is 31.1 Å². The standard InChI is InChI=1S/C13H24N2O3S/c1-3-14(4-2)13(16)15-8-9-19(17,18)10-12(15)11-6-5-7-11/h11-12H,3-10H2,1-2H3. The van der Waals surface area contributed by atoms with Gasteiger partial charge in [-0.15, -0.1) is 0 Å². The van der Waals surface area contributed by atoms with Crippen LogP contribution in [0, 0.1) is 5.92 Å². The normalized spacial score (nSPS) is 26.8. The fraction of sp³-hybridized carbons (Fsp3) is 0.923. The van der Waals surface area contributed by atoms with E-state index in [-0.39, 0.29) is 23.6 Å². The molecule has 1 aliphatic heterocycles. The number of carbonyl (C=O) groups is 1. The summed E-state index contributed by atoms with van der Waals surface area (Å²) in [7, 11) is -2.97. The molecule has 0 radical (unpaired) electrons. The number of amides is 2. The number of hydrogen-bond donors (Lipinski definition) is 0. The van der Waals surface area contributed by atoms with E-state index in [1.807, 2.05) is 18.7 Å². The van der Waals surface area contributed by atoms with Crippen molar-refractivity contribution in [1.29, 1.82) is 0 Å². The second kappa shape index (κ2) is 5.69. The van der Waals surface area contributed by atoms with E-state index in [4.69, 9.17) is 0 Å². The van der Waals surface area contributed by atoms with Crippen LogP contribution in [0.2, 0.25) is 0 Å². The van der Waals surface area contributed by atoms with Gasteiger partial charge in [-0.05, 0) is 32.6 Å². The van der Waals surface area contributed by atoms with Crippen LogP contribution < -0.4 is 0 Å². The molecule has 0 aromatic rings. The summed E-state index contributed by atoms with van der Waals surface area (Å²) >= 11 is 0. The Morgan fingerprint density at radius 2 is 1.89 bits per heavy atom. The number of hydrogen-bond acceptors (Lipinski definition) is 3. The fourth-order valence-electron chi connectivity index (χ4n) is 2.97. The van der Waals surface area contributed by atoms with Gasteiger partial charge in [-0.3, -0.25) is 0 Å². The van der Waals surface area contributed by atoms with E-state index < -0.39 is 9.84 Å². The topological polar surface area (TPSA) is 57.7 Å². The van der Waals surface area contributed by atoms with Crippen LogP contribution in [0.4, 0.5) is 4.79 Å². The Morgan fingerprint density at radius 3 is 2.37 bits per heavy atom. The third kappa shape index (κ3) is 3.04. The molecule has 19 heavy (non-hydrogen) atoms. The minimum atomic E-state index is -2.97. The van der Waals surface area contributed by atoms with Gasteiger partial charge in [-0.2, -0.15) is 0 Å². The monoisotopic (exact) mass is 288 g/mol. The predicted molar refractivity (Wildman–Crippen MR) is 74.8 cm³/mol. The average Bonchev–Trinajstić information content (AvgIpc) is 2.27. The smallest absolute Gasteiger partial charge is 0.320 e. The first-order valence-electron chi connectivity index (χ1n) is 7.24. The van der Waals surface area contributed by atoms with Crippen molar-refractivity contribution in [1.82, 2.24) is 9.80 Å². The van der Waals surface area contributed by atoms with Gasteiger partial charge in [-0.25, -0.2) is 13.2 Å². The van der Waals surface area contributed by atoms with Crippen LogP contribution in [0.15, 0.2) is 0 Å². The minimum absolute atomic E-state index is 0.0109. The molecule has 0 aromatic carbocycles. The average molecular weight is 288 g/mol. The molecule has 0 aromatic heterocycles. The Hall–Kier alpha value is -0.780. The summed E-state index contributed by atoms with van der Waals surface area (Å²) in [5.74, 6) is 0.656. The van der Waals surface area contributed by atoms with Gasteiger partial charge in [0.25, 0.3) is 0 Å². The highest BCUT2D eigenvalue weighted by Gasteiger charge is 2.41. The van der Waals surface area contributed by atoms with Gasteiger partial charge in [0, 0.05) is 19.6 Å². The molecule has 2 aliphatic rings. The largest absolute Gasteiger partial charge is 0.325 e. The van der Waals surface area contributed by atoms with Gasteiger partial charge >= 0.3 is 6.03 Å². The van der Waals surface area contributed by atoms with Gasteiger partial charge in [0.05, 0.1) is 17.5 Å². The third-order valence-corrected chi connectivity index (χ3v) is 6.10. The molecule has 1 saturated heterocycles. The summed E-state index contributed by atoms with van der Waals surface area (Å²) in [5, 5.41) is 0. The molecule has 1 atom stereocenters. The quantitative estimate of drug-likeness (QED) is 0.787. The maximum atomic E-state index is 12.5. The van der Waals surface area contributed by atoms with E-state index in [1.165, 1.54) is 0 Å². The second-order valence-electron chi connectivity index (χ2n) is 5.52. The molecular weight excluding hydrogens is 264 g/mol. The summed E-state index contributed by atoms with van der Waals surface area (Å²) in [4.78, 5) is 16.1. The molecular formula is C13H24N2O3S. The number of nitrogens with zero attached hydrogens (tertiary/aromatic N) is 2. The number of rotatable bonds is 3. The molecule has 1 heterocycles. The Bertz CT molecular complexity index is 427. The van der Waals surface area contributed by atoms with Crippen LogP contribution in [0.5, 0.6) is 0 Å². The van der Waals surface area contributed by atoms with Crippen LogP contribution in [0.25, 0.3) is 0 Å². The summed E-state index contributed by atoms with van der Waals surface area (Å²) in [6, 6.07) is -0.0857. The summed E-state index contributed by atoms with van der Waals surface area (Å²) in [5.41, 5.74) is 0. The highest BCUT2D eigenvalue weighted by Crippen LogP contribution is 2.34. The molecule has 0 bridgehead atoms. The molecule has 0 spiro atoms. The van der Waals surface area contributed by atoms with Crippen LogP contribution in [-0.4, -0.2) is 61.4 Å². The maximum absolute atomic E-state index is 12.5. The van der Waals surface area contributed by atoms with Crippen LogP contribution >= 0.6 is 0 Å². The number of sulfone groups is 1. The second-order valence-corrected chi connectivity index (χ2v) is 7.75. The van der Waals surface area contributed by atoms with E-state index in [9.17, 15) is 13.2 Å². The van der Waals surface area contributed by atoms with Crippen LogP contribution in [0.1, 0.15) is 33.1 Å². The summed E-state index contributed by atoms with van der Waals surface area (Å²) in [6.45, 7) is 5.63. The van der Waals surface area contributed by atoms with E-state index >= 15 is 0 Å². The molecule has 1 unspecified atom stereocenters. The van der Waals surface area contributed by atoms with Gasteiger partial charge in [-0.1, -0.05) is 6.42 Å². The van der Waals surface area contributed by atoms with Crippen molar-refractivity contribution < 1.29 is 13.2 Å². The lowest BCUT2D eigenvalue weighted by atomic mass is 9.79. The van der Waals surface area contributed by atoms with Crippen LogP contribution in [-0.2, 0) is 9.84 Å². The van der Waals surface area contributed by atoms with Crippen molar-refractivity contribution in [3.05, 3.63) is 0 Å². The molecule has 2 fully saturated rings. The first-order chi connectivity index (χ1) is 8.98. The van der Waals surface area contributed by atoms with E-state index in [1.54, 1.807) is 4.90 Å². The van der Waals surface area contributed by atoms with E-state index in [2.05, 4.69) is 0 Å². The zero-order valence-corrected chi connectivity index (χ0v) is 12.7. The van der Waals surface area contributed by atoms with Gasteiger partial charge in [0.15, 0.2) is 9.84 Å². The Morgan fingerprint density at radius 1 is 1.26 bits per heavy atom. The maximum Gasteiger partial charge on any atom is 0.320 e. The Balaban J connectivity index is 2.14. The Labute approximate surface area is 115 Å². The van der Waals surface area contributed by atoms with Gasteiger partial charge < -0.3 is 9.80 Å². The van der Waals surface area contributed by atoms with Crippen molar-refractivity contribution in [3.8, 4) is 0 Å². The van der Waals surface area contributed by atoms with Crippen molar-refractivity contribution in [2.45, 2.75) is 39.2 Å². The lowest BCUT2D eigenvalue weighted by Crippen LogP contribution is -2.58. The van der Waals surface area contributed by atoms with Gasteiger partial charge in [0.2, 0.25) is 0 Å². The molecule has 110 valence electrons. The lowest BCUT2D eigenvalue weighted by Gasteiger charge is -2.44. The molecule has 2 rings (SSSR count). The molecule has 1 aliphatic carbocycles. The molecule has 0 N–H and O–H groups in total. The van der Waals surface area contributed by atoms with E-state index in [0.29, 0.717) is 25.6 Å². The van der Waals surface area contributed by atoms with Crippen LogP contribution in [0.3, 0.4) is 0 Å². The summed E-state index contributed by atoms with van der Waals surface area (Å²) in [6.07, 6.45) is 3.28. The van der Waals surface area contributed by atoms with E-state index in [0.717, 1.165) is 19.3 Å². The highest BCUT2D eigenvalue weighted by molar-refractivity contribution is 7.91. The van der Waals surface area contributed by atoms with Crippen molar-refractivity contribution in [3.63, 3.8) is 0 Å². The van der Waals surface area contributed by atoms with Crippen molar-refractivity contribution in [2.24, 2.45) is 5.92 Å². The first-order valence-corrected chi connectivity index (χ1v) is 9.06. The predicted octanol–water partition coefficient (Wildman–Crippen LogP) is 1.35. The summed E-state index contributed by atoms with van der Waals surface area (Å²) < 4.78 is 23.7. The lowest BCUT2D eigenvalue weighted by molar-refractivity contribution is 0.1000. The minimum Gasteiger partial charge on any atom is -0.325 e. The highest BCUT2D eigenvalue weighted by atomic mass is 32.2. The fourth-order valence-corrected chi connectivity index (χ4v) is 4.58. The van der Waals surface area contributed by atoms with Crippen molar-refractivity contribution >= 4 is 15.9 Å². The van der Waals surface area contributed by atoms with Gasteiger partial charge in [0.1, 0.15) is 0 Å². The molecule has 5 nitrogen and oxygen atoms in total. The zero-order valence-electron chi connectivity index (χ0n) is 11.8. The zero-order chi connectivity index (χ0) is 14.0. The number of carbonyl (C=O) groups excluding carboxylic acids is 1. The molecule has 6 heteroatoms. The third-order valence-electron chi connectivity index (χ3n) is 4.44. The number of urea groups is 1.